The fourth-order valence-corrected chi connectivity index (χ4v) is 3.48. The average Bonchev–Trinajstić information content (AvgIpc) is 2.98. The van der Waals surface area contributed by atoms with E-state index in [4.69, 9.17) is 0 Å². The Morgan fingerprint density at radius 2 is 0.328 bits per heavy atom. The second-order valence-corrected chi connectivity index (χ2v) is 10.9. The Labute approximate surface area is 289 Å². The molecule has 0 saturated heterocycles. The van der Waals surface area contributed by atoms with Crippen molar-refractivity contribution in [1.29, 1.82) is 0 Å². The second-order valence-electron chi connectivity index (χ2n) is 10.9. The molecule has 0 spiro atoms. The second kappa shape index (κ2) is 13.3. The summed E-state index contributed by atoms with van der Waals surface area (Å²) in [7, 11) is 0. The highest BCUT2D eigenvalue weighted by molar-refractivity contribution is 5.23. The van der Waals surface area contributed by atoms with E-state index in [2.05, 4.69) is 6.58 Å². The molecule has 0 nitrogen and oxygen atoms in total. The summed E-state index contributed by atoms with van der Waals surface area (Å²) in [6, 6.07) is 0. The largest absolute Gasteiger partial charge is 0.460 e. The van der Waals surface area contributed by atoms with Crippen molar-refractivity contribution in [1.82, 2.24) is 0 Å². The van der Waals surface area contributed by atoms with Crippen molar-refractivity contribution in [2.24, 2.45) is 0 Å². The van der Waals surface area contributed by atoms with Crippen molar-refractivity contribution in [3.8, 4) is 0 Å². The van der Waals surface area contributed by atoms with Crippen LogP contribution in [0.5, 0.6) is 0 Å². The summed E-state index contributed by atoms with van der Waals surface area (Å²) < 4.78 is 500. The van der Waals surface area contributed by atoms with Crippen LogP contribution in [0.4, 0.5) is 162 Å². The van der Waals surface area contributed by atoms with Crippen molar-refractivity contribution in [3.63, 3.8) is 0 Å². The van der Waals surface area contributed by atoms with Gasteiger partial charge in [0.05, 0.1) is 0 Å². The monoisotopic (exact) mass is 960 g/mol. The molecule has 0 unspecified atom stereocenters. The SMILES string of the molecule is C=CCC(F)(F)C(F)(F)C(F)(F)C(F)(F)C(F)(F)C(F)(F)C(F)(F)C(F)(F)C(F)(F)C(F)(F)C(F)(F)C(F)(F)C(F)(F)C(F)(F)C(F)(F)C(F)(F)C(F)(F)C(F)(F)F. The Hall–Kier alpha value is -2.85. The highest BCUT2D eigenvalue weighted by Gasteiger charge is 3.02. The van der Waals surface area contributed by atoms with Gasteiger partial charge in [-0.15, -0.1) is 6.58 Å². The van der Waals surface area contributed by atoms with Gasteiger partial charge in [0.2, 0.25) is 0 Å². The van der Waals surface area contributed by atoms with E-state index in [1.165, 1.54) is 0 Å². The topological polar surface area (TPSA) is 0 Å². The molecule has 348 valence electrons. The maximum absolute atomic E-state index is 13.9. The van der Waals surface area contributed by atoms with Crippen molar-refractivity contribution in [2.45, 2.75) is 113 Å². The molecule has 0 aromatic carbocycles. The summed E-state index contributed by atoms with van der Waals surface area (Å²) in [6.45, 7) is 2.05. The van der Waals surface area contributed by atoms with Crippen molar-refractivity contribution in [2.75, 3.05) is 0 Å². The van der Waals surface area contributed by atoms with E-state index in [1.54, 1.807) is 0 Å². The molecule has 0 atom stereocenters. The van der Waals surface area contributed by atoms with Gasteiger partial charge in [-0.1, -0.05) is 6.08 Å². The van der Waals surface area contributed by atoms with Crippen LogP contribution in [0, 0.1) is 0 Å². The van der Waals surface area contributed by atoms with E-state index in [-0.39, 0.29) is 0 Å². The third-order valence-corrected chi connectivity index (χ3v) is 7.13. The molecule has 0 saturated carbocycles. The predicted molar refractivity (Wildman–Crippen MR) is 105 cm³/mol. The van der Waals surface area contributed by atoms with Crippen LogP contribution in [-0.2, 0) is 0 Å². The zero-order valence-electron chi connectivity index (χ0n) is 25.0. The van der Waals surface area contributed by atoms with Crippen LogP contribution >= 0.6 is 0 Å². The van der Waals surface area contributed by atoms with Gasteiger partial charge in [0, 0.05) is 6.42 Å². The Bertz CT molecular complexity index is 1500. The van der Waals surface area contributed by atoms with Gasteiger partial charge in [-0.25, -0.2) is 0 Å². The van der Waals surface area contributed by atoms with Crippen molar-refractivity contribution < 1.29 is 162 Å². The molecule has 0 fully saturated rings. The number of rotatable bonds is 18. The average molecular weight is 960 g/mol. The third kappa shape index (κ3) is 6.08. The van der Waals surface area contributed by atoms with E-state index in [1.807, 2.05) is 0 Å². The summed E-state index contributed by atoms with van der Waals surface area (Å²) in [5.74, 6) is -165. The lowest BCUT2D eigenvalue weighted by Gasteiger charge is -2.47. The molecule has 0 amide bonds. The zero-order chi connectivity index (χ0) is 48.4. The maximum atomic E-state index is 13.9. The Morgan fingerprint density at radius 1 is 0.207 bits per heavy atom. The molecule has 0 aromatic rings. The van der Waals surface area contributed by atoms with Crippen LogP contribution in [-0.4, -0.2) is 107 Å². The molecule has 0 aliphatic rings. The minimum atomic E-state index is -10.4. The summed E-state index contributed by atoms with van der Waals surface area (Å²) >= 11 is 0. The Balaban J connectivity index is 7.87. The molecule has 58 heavy (non-hydrogen) atoms. The lowest BCUT2D eigenvalue weighted by atomic mass is 9.82. The molecule has 0 aromatic heterocycles. The first-order valence-electron chi connectivity index (χ1n) is 12.4. The van der Waals surface area contributed by atoms with Gasteiger partial charge in [0.1, 0.15) is 0 Å². The first kappa shape index (κ1) is 55.2. The molecule has 37 heteroatoms. The van der Waals surface area contributed by atoms with E-state index in [9.17, 15) is 162 Å². The van der Waals surface area contributed by atoms with Crippen molar-refractivity contribution in [3.05, 3.63) is 12.7 Å². The standard InChI is InChI=1S/C21H5F37/c1-2-3-4(22,23)5(24,25)6(26,27)7(28,29)8(30,31)9(32,33)10(34,35)11(36,37)12(38,39)13(40,41)14(42,43)15(44,45)16(46,47)17(48,49)18(50,51)19(52,53)20(54,55)21(56,57)58/h2H,1,3H2. The molecular weight excluding hydrogens is 955 g/mol. The Kier molecular flexibility index (Phi) is 12.7. The predicted octanol–water partition coefficient (Wildman–Crippen LogP) is 12.9. The zero-order valence-corrected chi connectivity index (χ0v) is 25.0. The molecule has 0 heterocycles. The van der Waals surface area contributed by atoms with Crippen LogP contribution in [0.15, 0.2) is 12.7 Å². The number of halogens is 37. The third-order valence-electron chi connectivity index (χ3n) is 7.13. The van der Waals surface area contributed by atoms with Gasteiger partial charge < -0.3 is 0 Å². The van der Waals surface area contributed by atoms with E-state index >= 15 is 0 Å². The van der Waals surface area contributed by atoms with Crippen molar-refractivity contribution >= 4 is 0 Å². The fraction of sp³-hybridized carbons (Fsp3) is 0.905. The van der Waals surface area contributed by atoms with Crippen LogP contribution in [0.2, 0.25) is 0 Å². The van der Waals surface area contributed by atoms with Gasteiger partial charge in [-0.3, -0.25) is 0 Å². The summed E-state index contributed by atoms with van der Waals surface area (Å²) in [4.78, 5) is 0. The summed E-state index contributed by atoms with van der Waals surface area (Å²) in [5, 5.41) is 0. The lowest BCUT2D eigenvalue weighted by molar-refractivity contribution is -0.493. The quantitative estimate of drug-likeness (QED) is 0.0949. The van der Waals surface area contributed by atoms with E-state index < -0.39 is 119 Å². The molecule has 0 aliphatic heterocycles. The van der Waals surface area contributed by atoms with Crippen LogP contribution < -0.4 is 0 Å². The highest BCUT2D eigenvalue weighted by Crippen LogP contribution is 2.70. The maximum Gasteiger partial charge on any atom is 0.460 e. The Morgan fingerprint density at radius 3 is 0.448 bits per heavy atom. The summed E-state index contributed by atoms with van der Waals surface area (Å²) in [6.07, 6.45) is -12.3. The fourth-order valence-electron chi connectivity index (χ4n) is 3.48. The molecule has 0 N–H and O–H groups in total. The van der Waals surface area contributed by atoms with Gasteiger partial charge in [0.15, 0.2) is 0 Å². The van der Waals surface area contributed by atoms with Crippen LogP contribution in [0.25, 0.3) is 0 Å². The minimum absolute atomic E-state index is 0.727. The smallest absolute Gasteiger partial charge is 0.199 e. The molecule has 0 rings (SSSR count). The number of alkyl halides is 37. The molecule has 0 radical (unpaired) electrons. The van der Waals surface area contributed by atoms with Gasteiger partial charge in [-0.05, 0) is 0 Å². The number of allylic oxidation sites excluding steroid dienone is 1. The lowest BCUT2D eigenvalue weighted by Crippen LogP contribution is -2.80. The molecule has 0 bridgehead atoms. The molecular formula is C21H5F37. The van der Waals surface area contributed by atoms with E-state index in [0.29, 0.717) is 0 Å². The van der Waals surface area contributed by atoms with Gasteiger partial charge >= 0.3 is 107 Å². The first-order chi connectivity index (χ1) is 24.3. The van der Waals surface area contributed by atoms with E-state index in [0.717, 1.165) is 0 Å². The highest BCUT2D eigenvalue weighted by atomic mass is 19.4. The molecule has 0 aliphatic carbocycles. The minimum Gasteiger partial charge on any atom is -0.199 e. The van der Waals surface area contributed by atoms with Crippen LogP contribution in [0.1, 0.15) is 6.42 Å². The van der Waals surface area contributed by atoms with Gasteiger partial charge in [-0.2, -0.15) is 162 Å². The number of hydrogen-bond acceptors (Lipinski definition) is 0. The first-order valence-corrected chi connectivity index (χ1v) is 12.4. The number of hydrogen-bond donors (Lipinski definition) is 0. The summed E-state index contributed by atoms with van der Waals surface area (Å²) in [5.41, 5.74) is 0. The normalized spacial score (nSPS) is 17.2. The van der Waals surface area contributed by atoms with Crippen LogP contribution in [0.3, 0.4) is 0 Å². The van der Waals surface area contributed by atoms with Gasteiger partial charge in [0.25, 0.3) is 0 Å².